The summed E-state index contributed by atoms with van der Waals surface area (Å²) in [6, 6.07) is 6.93. The molecular weight excluding hydrogens is 375 g/mol. The minimum absolute atomic E-state index is 0.185. The molecule has 152 valence electrons. The van der Waals surface area contributed by atoms with Crippen molar-refractivity contribution in [2.75, 3.05) is 32.8 Å². The summed E-state index contributed by atoms with van der Waals surface area (Å²) in [4.78, 5) is 10.5. The molecular formula is C21H29FN4OS. The number of guanidine groups is 1. The highest BCUT2D eigenvalue weighted by Crippen LogP contribution is 2.35. The topological polar surface area (TPSA) is 58.5 Å². The molecule has 1 aromatic carbocycles. The molecule has 1 fully saturated rings. The maximum absolute atomic E-state index is 13.8. The smallest absolute Gasteiger partial charge is 0.191 e. The first kappa shape index (κ1) is 20.7. The van der Waals surface area contributed by atoms with Crippen LogP contribution >= 0.6 is 11.3 Å². The molecule has 2 aromatic rings. The summed E-state index contributed by atoms with van der Waals surface area (Å²) in [7, 11) is 0. The summed E-state index contributed by atoms with van der Waals surface area (Å²) in [5.41, 5.74) is 0.823. The average molecular weight is 405 g/mol. The van der Waals surface area contributed by atoms with Gasteiger partial charge in [0.05, 0.1) is 11.6 Å². The number of halogens is 1. The van der Waals surface area contributed by atoms with E-state index in [0.717, 1.165) is 48.9 Å². The van der Waals surface area contributed by atoms with E-state index in [1.807, 2.05) is 12.3 Å². The second-order valence-corrected chi connectivity index (χ2v) is 8.46. The van der Waals surface area contributed by atoms with Gasteiger partial charge in [-0.05, 0) is 44.4 Å². The van der Waals surface area contributed by atoms with Gasteiger partial charge in [0.15, 0.2) is 5.96 Å². The molecule has 0 saturated carbocycles. The van der Waals surface area contributed by atoms with E-state index in [1.54, 1.807) is 23.5 Å². The molecule has 3 rings (SSSR count). The van der Waals surface area contributed by atoms with Crippen LogP contribution in [0.5, 0.6) is 0 Å². The van der Waals surface area contributed by atoms with Gasteiger partial charge in [0.1, 0.15) is 5.82 Å². The monoisotopic (exact) mass is 404 g/mol. The fourth-order valence-corrected chi connectivity index (χ4v) is 4.28. The molecule has 2 heterocycles. The fourth-order valence-electron chi connectivity index (χ4n) is 3.50. The molecule has 0 unspecified atom stereocenters. The van der Waals surface area contributed by atoms with Crippen molar-refractivity contribution in [3.05, 3.63) is 51.7 Å². The van der Waals surface area contributed by atoms with E-state index in [0.29, 0.717) is 19.8 Å². The van der Waals surface area contributed by atoms with Crippen LogP contribution < -0.4 is 10.6 Å². The van der Waals surface area contributed by atoms with Crippen molar-refractivity contribution >= 4 is 17.3 Å². The molecule has 1 saturated heterocycles. The van der Waals surface area contributed by atoms with Crippen LogP contribution in [0.15, 0.2) is 35.5 Å². The molecule has 7 heteroatoms. The van der Waals surface area contributed by atoms with Crippen molar-refractivity contribution in [2.24, 2.45) is 4.99 Å². The minimum Gasteiger partial charge on any atom is -0.381 e. The summed E-state index contributed by atoms with van der Waals surface area (Å²) >= 11 is 1.73. The van der Waals surface area contributed by atoms with Crippen LogP contribution in [0.25, 0.3) is 0 Å². The Hall–Kier alpha value is -1.99. The summed E-state index contributed by atoms with van der Waals surface area (Å²) in [5, 5.41) is 7.83. The molecule has 5 nitrogen and oxygen atoms in total. The number of rotatable bonds is 7. The van der Waals surface area contributed by atoms with Crippen LogP contribution in [0.3, 0.4) is 0 Å². The van der Waals surface area contributed by atoms with Gasteiger partial charge in [-0.15, -0.1) is 11.3 Å². The zero-order valence-corrected chi connectivity index (χ0v) is 17.4. The number of aliphatic imine (C=N–C) groups is 1. The summed E-state index contributed by atoms with van der Waals surface area (Å²) < 4.78 is 19.4. The van der Waals surface area contributed by atoms with Crippen LogP contribution in [0.2, 0.25) is 0 Å². The van der Waals surface area contributed by atoms with E-state index in [9.17, 15) is 4.39 Å². The Morgan fingerprint density at radius 2 is 2.14 bits per heavy atom. The number of nitrogens with one attached hydrogen (secondary N) is 2. The molecule has 0 atom stereocenters. The van der Waals surface area contributed by atoms with Gasteiger partial charge in [-0.25, -0.2) is 9.37 Å². The van der Waals surface area contributed by atoms with Gasteiger partial charge in [-0.3, -0.25) is 4.99 Å². The van der Waals surface area contributed by atoms with Crippen molar-refractivity contribution in [3.8, 4) is 0 Å². The number of nitrogens with zero attached hydrogens (tertiary/aromatic N) is 2. The van der Waals surface area contributed by atoms with Crippen LogP contribution in [-0.4, -0.2) is 43.8 Å². The number of hydrogen-bond donors (Lipinski definition) is 2. The maximum Gasteiger partial charge on any atom is 0.191 e. The van der Waals surface area contributed by atoms with E-state index >= 15 is 0 Å². The van der Waals surface area contributed by atoms with Gasteiger partial charge in [-0.1, -0.05) is 12.1 Å². The van der Waals surface area contributed by atoms with E-state index in [4.69, 9.17) is 9.73 Å². The largest absolute Gasteiger partial charge is 0.381 e. The zero-order valence-electron chi connectivity index (χ0n) is 16.6. The highest BCUT2D eigenvalue weighted by molar-refractivity contribution is 7.11. The number of aromatic nitrogens is 1. The highest BCUT2D eigenvalue weighted by Gasteiger charge is 2.34. The van der Waals surface area contributed by atoms with Crippen LogP contribution in [0, 0.1) is 12.7 Å². The lowest BCUT2D eigenvalue weighted by molar-refractivity contribution is 0.0530. The van der Waals surface area contributed by atoms with Gasteiger partial charge in [0.25, 0.3) is 0 Å². The fraction of sp³-hybridized carbons (Fsp3) is 0.524. The lowest BCUT2D eigenvalue weighted by Crippen LogP contribution is -2.41. The summed E-state index contributed by atoms with van der Waals surface area (Å²) in [6.45, 7) is 7.65. The normalized spacial score (nSPS) is 16.8. The van der Waals surface area contributed by atoms with Crippen molar-refractivity contribution in [1.82, 2.24) is 15.6 Å². The number of thiazole rings is 1. The Morgan fingerprint density at radius 3 is 2.82 bits per heavy atom. The van der Waals surface area contributed by atoms with Gasteiger partial charge >= 0.3 is 0 Å². The number of benzene rings is 1. The zero-order chi connectivity index (χ0) is 19.8. The van der Waals surface area contributed by atoms with Gasteiger partial charge < -0.3 is 15.4 Å². The van der Waals surface area contributed by atoms with Gasteiger partial charge in [0, 0.05) is 49.2 Å². The summed E-state index contributed by atoms with van der Waals surface area (Å²) in [6.07, 6.45) is 4.47. The number of aryl methyl sites for hydroxylation is 1. The van der Waals surface area contributed by atoms with Crippen molar-refractivity contribution in [2.45, 2.75) is 38.5 Å². The van der Waals surface area contributed by atoms with Crippen molar-refractivity contribution in [1.29, 1.82) is 0 Å². The third-order valence-electron chi connectivity index (χ3n) is 5.07. The molecule has 0 amide bonds. The van der Waals surface area contributed by atoms with Crippen LogP contribution in [0.1, 0.15) is 35.2 Å². The van der Waals surface area contributed by atoms with E-state index < -0.39 is 0 Å². The molecule has 0 spiro atoms. The third kappa shape index (κ3) is 5.52. The lowest BCUT2D eigenvalue weighted by Gasteiger charge is -2.36. The Kier molecular flexibility index (Phi) is 7.39. The van der Waals surface area contributed by atoms with Crippen LogP contribution in [0.4, 0.5) is 4.39 Å². The highest BCUT2D eigenvalue weighted by atomic mass is 32.1. The van der Waals surface area contributed by atoms with Gasteiger partial charge in [-0.2, -0.15) is 0 Å². The first-order chi connectivity index (χ1) is 13.6. The van der Waals surface area contributed by atoms with Crippen LogP contribution in [-0.2, 0) is 16.6 Å². The second kappa shape index (κ2) is 9.98. The van der Waals surface area contributed by atoms with E-state index in [-0.39, 0.29) is 11.2 Å². The summed E-state index contributed by atoms with van der Waals surface area (Å²) in [5.74, 6) is 0.592. The second-order valence-electron chi connectivity index (χ2n) is 7.14. The molecule has 2 N–H and O–H groups in total. The average Bonchev–Trinajstić information content (AvgIpc) is 3.12. The van der Waals surface area contributed by atoms with Crippen molar-refractivity contribution < 1.29 is 9.13 Å². The number of hydrogen-bond acceptors (Lipinski definition) is 4. The van der Waals surface area contributed by atoms with E-state index in [2.05, 4.69) is 29.5 Å². The molecule has 0 radical (unpaired) electrons. The first-order valence-corrected chi connectivity index (χ1v) is 10.7. The predicted octanol–water partition coefficient (Wildman–Crippen LogP) is 3.44. The molecule has 1 aromatic heterocycles. The molecule has 28 heavy (non-hydrogen) atoms. The Labute approximate surface area is 170 Å². The molecule has 0 aliphatic carbocycles. The first-order valence-electron chi connectivity index (χ1n) is 9.88. The SMILES string of the molecule is CCNC(=NCC1(c2cccc(F)c2)CCOCC1)NCCc1ncc(C)s1. The number of ether oxygens (including phenoxy) is 1. The Bertz CT molecular complexity index is 786. The molecule has 1 aliphatic heterocycles. The lowest BCUT2D eigenvalue weighted by atomic mass is 9.74. The Morgan fingerprint density at radius 1 is 1.32 bits per heavy atom. The molecule has 0 bridgehead atoms. The predicted molar refractivity (Wildman–Crippen MR) is 113 cm³/mol. The quantitative estimate of drug-likeness (QED) is 0.548. The maximum atomic E-state index is 13.8. The van der Waals surface area contributed by atoms with E-state index in [1.165, 1.54) is 10.9 Å². The standard InChI is InChI=1S/C21H29FN4OS/c1-3-23-20(24-10-7-19-25-14-16(2)28-19)26-15-21(8-11-27-12-9-21)17-5-4-6-18(22)13-17/h4-6,13-14H,3,7-12,15H2,1-2H3,(H2,23,24,26). The molecule has 1 aliphatic rings. The Balaban J connectivity index is 1.69. The third-order valence-corrected chi connectivity index (χ3v) is 6.04. The van der Waals surface area contributed by atoms with Crippen molar-refractivity contribution in [3.63, 3.8) is 0 Å². The van der Waals surface area contributed by atoms with Gasteiger partial charge in [0.2, 0.25) is 0 Å². The minimum atomic E-state index is -0.198.